The van der Waals surface area contributed by atoms with Crippen LogP contribution >= 0.6 is 0 Å². The first-order valence-corrected chi connectivity index (χ1v) is 10.8. The van der Waals surface area contributed by atoms with E-state index in [9.17, 15) is 26.7 Å². The summed E-state index contributed by atoms with van der Waals surface area (Å²) in [6.07, 6.45) is -3.31. The second-order valence-electron chi connectivity index (χ2n) is 8.22. The van der Waals surface area contributed by atoms with E-state index in [0.29, 0.717) is 36.0 Å². The molecule has 10 heteroatoms. The second-order valence-corrected chi connectivity index (χ2v) is 8.22. The highest BCUT2D eigenvalue weighted by Gasteiger charge is 2.34. The molecular formula is C25H18F5N3O2. The number of rotatable bonds is 3. The molecule has 0 spiro atoms. The lowest BCUT2D eigenvalue weighted by Crippen LogP contribution is -2.34. The number of likely N-dealkylation sites (tertiary alicyclic amines) is 1. The van der Waals surface area contributed by atoms with Crippen molar-refractivity contribution < 1.29 is 31.2 Å². The van der Waals surface area contributed by atoms with Crippen LogP contribution in [0.1, 0.15) is 30.3 Å². The molecule has 1 aliphatic heterocycles. The molecule has 4 aromatic rings. The van der Waals surface area contributed by atoms with Gasteiger partial charge in [-0.15, -0.1) is 0 Å². The number of nitrogens with zero attached hydrogens (tertiary/aromatic N) is 2. The van der Waals surface area contributed by atoms with Crippen LogP contribution in [0.15, 0.2) is 65.1 Å². The fourth-order valence-electron chi connectivity index (χ4n) is 4.21. The van der Waals surface area contributed by atoms with Crippen LogP contribution in [-0.4, -0.2) is 22.5 Å². The van der Waals surface area contributed by atoms with Crippen molar-refractivity contribution in [3.05, 3.63) is 83.8 Å². The number of carbonyl (C=O) groups excluding carboxylic acids is 1. The van der Waals surface area contributed by atoms with E-state index in [0.717, 1.165) is 24.3 Å². The zero-order valence-corrected chi connectivity index (χ0v) is 18.1. The van der Waals surface area contributed by atoms with Crippen LogP contribution in [0.3, 0.4) is 0 Å². The smallest absolute Gasteiger partial charge is 0.416 e. The number of alkyl halides is 3. The lowest BCUT2D eigenvalue weighted by molar-refractivity contribution is -0.137. The molecule has 1 aliphatic rings. The highest BCUT2D eigenvalue weighted by molar-refractivity contribution is 5.90. The van der Waals surface area contributed by atoms with Crippen molar-refractivity contribution in [1.82, 2.24) is 9.88 Å². The molecule has 5 nitrogen and oxygen atoms in total. The van der Waals surface area contributed by atoms with Crippen molar-refractivity contribution >= 4 is 22.8 Å². The number of hydrogen-bond donors (Lipinski definition) is 1. The zero-order chi connectivity index (χ0) is 24.7. The summed E-state index contributed by atoms with van der Waals surface area (Å²) in [7, 11) is 0. The first-order valence-electron chi connectivity index (χ1n) is 10.8. The van der Waals surface area contributed by atoms with E-state index in [1.54, 1.807) is 18.2 Å². The van der Waals surface area contributed by atoms with Gasteiger partial charge in [-0.1, -0.05) is 12.1 Å². The summed E-state index contributed by atoms with van der Waals surface area (Å²) in [5.41, 5.74) is 0.726. The molecule has 35 heavy (non-hydrogen) atoms. The summed E-state index contributed by atoms with van der Waals surface area (Å²) in [5.74, 6) is -1.12. The minimum absolute atomic E-state index is 0.0269. The number of benzene rings is 3. The maximum atomic E-state index is 14.2. The number of fused-ring (bicyclic) bond motifs is 1. The van der Waals surface area contributed by atoms with Gasteiger partial charge < -0.3 is 14.6 Å². The van der Waals surface area contributed by atoms with E-state index in [-0.39, 0.29) is 17.1 Å². The van der Waals surface area contributed by atoms with Crippen LogP contribution in [0.5, 0.6) is 0 Å². The monoisotopic (exact) mass is 487 g/mol. The van der Waals surface area contributed by atoms with Gasteiger partial charge in [0.15, 0.2) is 5.58 Å². The van der Waals surface area contributed by atoms with Gasteiger partial charge in [-0.05, 0) is 60.9 Å². The van der Waals surface area contributed by atoms with Gasteiger partial charge in [0.05, 0.1) is 5.56 Å². The molecule has 0 aliphatic carbocycles. The summed E-state index contributed by atoms with van der Waals surface area (Å²) < 4.78 is 72.3. The second kappa shape index (κ2) is 8.68. The Morgan fingerprint density at radius 2 is 1.89 bits per heavy atom. The highest BCUT2D eigenvalue weighted by atomic mass is 19.4. The minimum Gasteiger partial charge on any atom is -0.438 e. The molecule has 5 rings (SSSR count). The normalized spacial score (nSPS) is 16.1. The van der Waals surface area contributed by atoms with E-state index < -0.39 is 35.4 Å². The van der Waals surface area contributed by atoms with Crippen LogP contribution in [0.2, 0.25) is 0 Å². The first kappa shape index (κ1) is 22.8. The van der Waals surface area contributed by atoms with Crippen LogP contribution in [0.4, 0.5) is 32.4 Å². The lowest BCUT2D eigenvalue weighted by Gasteiger charge is -2.23. The number of amides is 2. The van der Waals surface area contributed by atoms with Crippen molar-refractivity contribution in [2.45, 2.75) is 25.1 Å². The van der Waals surface area contributed by atoms with Crippen molar-refractivity contribution in [2.75, 3.05) is 11.9 Å². The van der Waals surface area contributed by atoms with E-state index in [4.69, 9.17) is 4.42 Å². The molecule has 1 unspecified atom stereocenters. The van der Waals surface area contributed by atoms with Gasteiger partial charge in [0.1, 0.15) is 23.2 Å². The summed E-state index contributed by atoms with van der Waals surface area (Å²) in [6, 6.07) is 11.5. The van der Waals surface area contributed by atoms with Crippen molar-refractivity contribution in [3.8, 4) is 11.1 Å². The Morgan fingerprint density at radius 3 is 2.66 bits per heavy atom. The van der Waals surface area contributed by atoms with Crippen molar-refractivity contribution in [3.63, 3.8) is 0 Å². The van der Waals surface area contributed by atoms with E-state index in [1.807, 2.05) is 0 Å². The Balaban J connectivity index is 1.38. The number of halogens is 5. The maximum Gasteiger partial charge on any atom is 0.416 e. The Morgan fingerprint density at radius 1 is 1.06 bits per heavy atom. The predicted molar refractivity (Wildman–Crippen MR) is 119 cm³/mol. The van der Waals surface area contributed by atoms with Gasteiger partial charge in [-0.3, -0.25) is 0 Å². The summed E-state index contributed by atoms with van der Waals surface area (Å²) >= 11 is 0. The van der Waals surface area contributed by atoms with Gasteiger partial charge in [-0.2, -0.15) is 13.2 Å². The third-order valence-electron chi connectivity index (χ3n) is 5.89. The Labute approximate surface area is 196 Å². The largest absolute Gasteiger partial charge is 0.438 e. The van der Waals surface area contributed by atoms with Crippen LogP contribution in [-0.2, 0) is 6.18 Å². The van der Waals surface area contributed by atoms with Gasteiger partial charge >= 0.3 is 12.2 Å². The fourth-order valence-corrected chi connectivity index (χ4v) is 4.21. The van der Waals surface area contributed by atoms with Crippen molar-refractivity contribution in [1.29, 1.82) is 0 Å². The summed E-state index contributed by atoms with van der Waals surface area (Å²) in [6.45, 7) is 0.375. The fraction of sp³-hybridized carbons (Fsp3) is 0.200. The lowest BCUT2D eigenvalue weighted by atomic mass is 10.0. The molecule has 2 amide bonds. The molecule has 1 aromatic heterocycles. The molecule has 1 atom stereocenters. The van der Waals surface area contributed by atoms with Gasteiger partial charge in [0, 0.05) is 23.9 Å². The topological polar surface area (TPSA) is 58.4 Å². The molecule has 1 N–H and O–H groups in total. The number of oxazole rings is 1. The Hall–Kier alpha value is -3.95. The minimum atomic E-state index is -4.52. The number of carbonyl (C=O) groups is 1. The van der Waals surface area contributed by atoms with Crippen LogP contribution in [0, 0.1) is 11.6 Å². The van der Waals surface area contributed by atoms with Gasteiger partial charge in [0.25, 0.3) is 0 Å². The first-order chi connectivity index (χ1) is 16.7. The number of hydrogen-bond acceptors (Lipinski definition) is 3. The standard InChI is InChI=1S/C25H18F5N3O2/c26-16-7-8-18(19(27)13-16)14-6-9-22-20(11-14)32-23(35-22)21-5-2-10-33(21)24(34)31-17-4-1-3-15(12-17)25(28,29)30/h1,3-4,6-9,11-13,21H,2,5,10H2,(H,31,34). The molecule has 180 valence electrons. The third-order valence-corrected chi connectivity index (χ3v) is 5.89. The average Bonchev–Trinajstić information content (AvgIpc) is 3.45. The SMILES string of the molecule is O=C(Nc1cccc(C(F)(F)F)c1)N1CCCC1c1nc2cc(-c3ccc(F)cc3F)ccc2o1. The Kier molecular flexibility index (Phi) is 5.66. The highest BCUT2D eigenvalue weighted by Crippen LogP contribution is 2.36. The number of anilines is 1. The summed E-state index contributed by atoms with van der Waals surface area (Å²) in [5, 5.41) is 2.52. The Bertz CT molecular complexity index is 1420. The number of nitrogens with one attached hydrogen (secondary N) is 1. The summed E-state index contributed by atoms with van der Waals surface area (Å²) in [4.78, 5) is 18.8. The maximum absolute atomic E-state index is 14.2. The molecule has 0 bridgehead atoms. The zero-order valence-electron chi connectivity index (χ0n) is 18.1. The van der Waals surface area contributed by atoms with Gasteiger partial charge in [-0.25, -0.2) is 18.6 Å². The quantitative estimate of drug-likeness (QED) is 0.312. The van der Waals surface area contributed by atoms with E-state index >= 15 is 0 Å². The molecule has 0 radical (unpaired) electrons. The van der Waals surface area contributed by atoms with Crippen LogP contribution < -0.4 is 5.32 Å². The van der Waals surface area contributed by atoms with Crippen LogP contribution in [0.25, 0.3) is 22.2 Å². The average molecular weight is 487 g/mol. The number of urea groups is 1. The number of aromatic nitrogens is 1. The van der Waals surface area contributed by atoms with E-state index in [2.05, 4.69) is 10.3 Å². The van der Waals surface area contributed by atoms with Crippen molar-refractivity contribution in [2.24, 2.45) is 0 Å². The molecule has 1 saturated heterocycles. The molecular weight excluding hydrogens is 469 g/mol. The predicted octanol–water partition coefficient (Wildman–Crippen LogP) is 7.16. The molecule has 3 aromatic carbocycles. The third kappa shape index (κ3) is 4.55. The molecule has 1 fully saturated rings. The van der Waals surface area contributed by atoms with Gasteiger partial charge in [0.2, 0.25) is 5.89 Å². The van der Waals surface area contributed by atoms with E-state index in [1.165, 1.54) is 23.1 Å². The molecule has 2 heterocycles. The molecule has 0 saturated carbocycles.